The number of nitrogens with one attached hydrogen (secondary N) is 1. The highest BCUT2D eigenvalue weighted by Crippen LogP contribution is 2.26. The fourth-order valence-corrected chi connectivity index (χ4v) is 2.60. The van der Waals surface area contributed by atoms with Crippen molar-refractivity contribution in [3.05, 3.63) is 29.3 Å². The minimum absolute atomic E-state index is 0.0439. The maximum Gasteiger partial charge on any atom is 0.306 e. The Hall–Kier alpha value is -1.59. The Labute approximate surface area is 128 Å². The number of rotatable bonds is 5. The smallest absolute Gasteiger partial charge is 0.306 e. The molecular weight excluding hydrogens is 294 g/mol. The quantitative estimate of drug-likeness (QED) is 0.876. The van der Waals surface area contributed by atoms with Gasteiger partial charge < -0.3 is 15.2 Å². The van der Waals surface area contributed by atoms with Gasteiger partial charge in [-0.25, -0.2) is 0 Å². The third-order valence-corrected chi connectivity index (χ3v) is 3.95. The van der Waals surface area contributed by atoms with Crippen molar-refractivity contribution in [3.63, 3.8) is 0 Å². The summed E-state index contributed by atoms with van der Waals surface area (Å²) in [5, 5.41) is 12.1. The van der Waals surface area contributed by atoms with Crippen molar-refractivity contribution in [2.45, 2.75) is 31.8 Å². The number of benzene rings is 1. The number of para-hydroxylation sites is 1. The summed E-state index contributed by atoms with van der Waals surface area (Å²) < 4.78 is 5.54. The van der Waals surface area contributed by atoms with Gasteiger partial charge in [-0.2, -0.15) is 0 Å². The number of halogens is 1. The van der Waals surface area contributed by atoms with Crippen LogP contribution in [0.2, 0.25) is 5.02 Å². The van der Waals surface area contributed by atoms with E-state index in [1.807, 2.05) is 0 Å². The van der Waals surface area contributed by atoms with Gasteiger partial charge in [0.15, 0.2) is 0 Å². The topological polar surface area (TPSA) is 75.6 Å². The van der Waals surface area contributed by atoms with E-state index >= 15 is 0 Å². The number of ether oxygens (including phenoxy) is 1. The minimum atomic E-state index is -0.745. The van der Waals surface area contributed by atoms with Gasteiger partial charge in [0.1, 0.15) is 6.61 Å². The summed E-state index contributed by atoms with van der Waals surface area (Å²) in [6.45, 7) is -0.0480. The van der Waals surface area contributed by atoms with Crippen LogP contribution in [0.25, 0.3) is 0 Å². The van der Waals surface area contributed by atoms with Crippen LogP contribution in [0.3, 0.4) is 0 Å². The highest BCUT2D eigenvalue weighted by Gasteiger charge is 2.26. The second kappa shape index (κ2) is 7.43. The van der Waals surface area contributed by atoms with Gasteiger partial charge >= 0.3 is 5.97 Å². The molecule has 2 rings (SSSR count). The molecular formula is C15H18ClNO4. The molecule has 1 saturated carbocycles. The zero-order chi connectivity index (χ0) is 15.2. The number of hydrogen-bond acceptors (Lipinski definition) is 3. The van der Waals surface area contributed by atoms with Gasteiger partial charge in [-0.15, -0.1) is 0 Å². The Balaban J connectivity index is 1.73. The number of aliphatic carboxylic acids is 1. The fraction of sp³-hybridized carbons (Fsp3) is 0.467. The van der Waals surface area contributed by atoms with Crippen molar-refractivity contribution >= 4 is 29.2 Å². The van der Waals surface area contributed by atoms with Crippen molar-refractivity contribution in [1.82, 2.24) is 0 Å². The van der Waals surface area contributed by atoms with Crippen molar-refractivity contribution in [2.75, 3.05) is 11.9 Å². The Morgan fingerprint density at radius 2 is 1.90 bits per heavy atom. The molecule has 1 aliphatic rings. The first kappa shape index (κ1) is 15.8. The molecule has 1 aliphatic carbocycles. The summed E-state index contributed by atoms with van der Waals surface area (Å²) in [5.41, 5.74) is 0.558. The molecule has 0 atom stereocenters. The molecule has 0 aromatic heterocycles. The zero-order valence-electron chi connectivity index (χ0n) is 11.5. The van der Waals surface area contributed by atoms with E-state index in [-0.39, 0.29) is 24.5 Å². The molecule has 1 amide bonds. The molecule has 0 spiro atoms. The largest absolute Gasteiger partial charge is 0.481 e. The fourth-order valence-electron chi connectivity index (χ4n) is 2.42. The van der Waals surface area contributed by atoms with Crippen LogP contribution in [0.15, 0.2) is 24.3 Å². The molecule has 0 bridgehead atoms. The number of carboxylic acids is 1. The lowest BCUT2D eigenvalue weighted by molar-refractivity contribution is -0.144. The van der Waals surface area contributed by atoms with Crippen LogP contribution < -0.4 is 5.32 Å². The number of anilines is 1. The van der Waals surface area contributed by atoms with E-state index in [1.54, 1.807) is 24.3 Å². The van der Waals surface area contributed by atoms with Crippen LogP contribution in [0, 0.1) is 5.92 Å². The van der Waals surface area contributed by atoms with Crippen LogP contribution in [0.1, 0.15) is 25.7 Å². The van der Waals surface area contributed by atoms with Gasteiger partial charge in [0, 0.05) is 0 Å². The van der Waals surface area contributed by atoms with Crippen molar-refractivity contribution < 1.29 is 19.4 Å². The van der Waals surface area contributed by atoms with Crippen LogP contribution in [0.4, 0.5) is 5.69 Å². The van der Waals surface area contributed by atoms with Gasteiger partial charge in [0.05, 0.1) is 22.7 Å². The maximum absolute atomic E-state index is 11.8. The van der Waals surface area contributed by atoms with Crippen molar-refractivity contribution in [3.8, 4) is 0 Å². The highest BCUT2D eigenvalue weighted by molar-refractivity contribution is 6.33. The van der Waals surface area contributed by atoms with E-state index in [0.717, 1.165) is 0 Å². The monoisotopic (exact) mass is 311 g/mol. The molecule has 21 heavy (non-hydrogen) atoms. The molecule has 0 aliphatic heterocycles. The molecule has 0 unspecified atom stereocenters. The average molecular weight is 312 g/mol. The predicted molar refractivity (Wildman–Crippen MR) is 79.4 cm³/mol. The van der Waals surface area contributed by atoms with E-state index in [0.29, 0.717) is 36.4 Å². The number of carbonyl (C=O) groups is 2. The van der Waals surface area contributed by atoms with E-state index < -0.39 is 5.97 Å². The second-order valence-corrected chi connectivity index (χ2v) is 5.56. The van der Waals surface area contributed by atoms with Crippen LogP contribution in [0.5, 0.6) is 0 Å². The first-order chi connectivity index (χ1) is 10.1. The summed E-state index contributed by atoms with van der Waals surface area (Å²) in [4.78, 5) is 22.6. The van der Waals surface area contributed by atoms with Gasteiger partial charge in [-0.05, 0) is 37.8 Å². The van der Waals surface area contributed by atoms with Crippen molar-refractivity contribution in [1.29, 1.82) is 0 Å². The predicted octanol–water partition coefficient (Wildman–Crippen LogP) is 2.94. The molecule has 0 radical (unpaired) electrons. The third kappa shape index (κ3) is 4.72. The molecule has 2 N–H and O–H groups in total. The summed E-state index contributed by atoms with van der Waals surface area (Å²) in [5.74, 6) is -1.28. The second-order valence-electron chi connectivity index (χ2n) is 5.15. The maximum atomic E-state index is 11.8. The molecule has 114 valence electrons. The van der Waals surface area contributed by atoms with Gasteiger partial charge in [-0.3, -0.25) is 9.59 Å². The Bertz CT molecular complexity index is 512. The minimum Gasteiger partial charge on any atom is -0.481 e. The first-order valence-electron chi connectivity index (χ1n) is 6.95. The number of carboxylic acid groups (broad SMARTS) is 1. The summed E-state index contributed by atoms with van der Waals surface area (Å²) >= 11 is 5.95. The van der Waals surface area contributed by atoms with Crippen LogP contribution >= 0.6 is 11.6 Å². The molecule has 1 aromatic rings. The van der Waals surface area contributed by atoms with Gasteiger partial charge in [0.2, 0.25) is 5.91 Å². The Morgan fingerprint density at radius 1 is 1.24 bits per heavy atom. The lowest BCUT2D eigenvalue weighted by Crippen LogP contribution is -2.29. The number of carbonyl (C=O) groups excluding carboxylic acids is 1. The lowest BCUT2D eigenvalue weighted by atomic mass is 9.87. The van der Waals surface area contributed by atoms with Crippen molar-refractivity contribution in [2.24, 2.45) is 5.92 Å². The molecule has 1 aromatic carbocycles. The Kier molecular flexibility index (Phi) is 5.59. The highest BCUT2D eigenvalue weighted by atomic mass is 35.5. The van der Waals surface area contributed by atoms with Gasteiger partial charge in [0.25, 0.3) is 0 Å². The standard InChI is InChI=1S/C15H18ClNO4/c16-12-3-1-2-4-13(12)17-14(18)9-21-11-7-5-10(6-8-11)15(19)20/h1-4,10-11H,5-9H2,(H,17,18)(H,19,20). The first-order valence-corrected chi connectivity index (χ1v) is 7.33. The normalized spacial score (nSPS) is 21.8. The van der Waals surface area contributed by atoms with Crippen LogP contribution in [-0.4, -0.2) is 29.7 Å². The molecule has 1 fully saturated rings. The number of hydrogen-bond donors (Lipinski definition) is 2. The molecule has 0 saturated heterocycles. The van der Waals surface area contributed by atoms with E-state index in [9.17, 15) is 9.59 Å². The molecule has 5 nitrogen and oxygen atoms in total. The summed E-state index contributed by atoms with van der Waals surface area (Å²) in [7, 11) is 0. The summed E-state index contributed by atoms with van der Waals surface area (Å²) in [6.07, 6.45) is 2.52. The van der Waals surface area contributed by atoms with E-state index in [2.05, 4.69) is 5.32 Å². The van der Waals surface area contributed by atoms with Crippen LogP contribution in [-0.2, 0) is 14.3 Å². The van der Waals surface area contributed by atoms with E-state index in [4.69, 9.17) is 21.4 Å². The third-order valence-electron chi connectivity index (χ3n) is 3.62. The summed E-state index contributed by atoms with van der Waals surface area (Å²) in [6, 6.07) is 6.99. The number of amides is 1. The lowest BCUT2D eigenvalue weighted by Gasteiger charge is -2.25. The SMILES string of the molecule is O=C(COC1CCC(C(=O)O)CC1)Nc1ccccc1Cl. The zero-order valence-corrected chi connectivity index (χ0v) is 12.3. The molecule has 6 heteroatoms. The van der Waals surface area contributed by atoms with E-state index in [1.165, 1.54) is 0 Å². The average Bonchev–Trinajstić information content (AvgIpc) is 2.48. The molecule has 0 heterocycles. The Morgan fingerprint density at radius 3 is 2.52 bits per heavy atom. The van der Waals surface area contributed by atoms with Gasteiger partial charge in [-0.1, -0.05) is 23.7 Å².